The monoisotopic (exact) mass is 1530 g/mol. The van der Waals surface area contributed by atoms with E-state index in [2.05, 4.69) is 0 Å². The zero-order chi connectivity index (χ0) is 86.0. The van der Waals surface area contributed by atoms with E-state index in [1.807, 2.05) is 263 Å². The lowest BCUT2D eigenvalue weighted by Crippen LogP contribution is -2.41. The second-order valence-electron chi connectivity index (χ2n) is 22.4. The summed E-state index contributed by atoms with van der Waals surface area (Å²) in [4.78, 5) is 135. The Morgan fingerprint density at radius 2 is 0.491 bits per heavy atom. The Balaban J connectivity index is 0. The molecule has 0 bridgehead atoms. The van der Waals surface area contributed by atoms with Crippen LogP contribution in [-0.4, -0.2) is 119 Å². The highest BCUT2D eigenvalue weighted by Crippen LogP contribution is 2.48. The van der Waals surface area contributed by atoms with Gasteiger partial charge < -0.3 is 0 Å². The minimum atomic E-state index is -4.80. The van der Waals surface area contributed by atoms with Crippen LogP contribution in [0, 0.1) is 0 Å². The molecule has 0 aromatic heterocycles. The van der Waals surface area contributed by atoms with Gasteiger partial charge in [0.15, 0.2) is 17.3 Å². The molecule has 112 heavy (non-hydrogen) atoms. The van der Waals surface area contributed by atoms with E-state index >= 15 is 0 Å². The number of imide groups is 4. The maximum absolute atomic E-state index is 14.4. The molecular weight excluding hydrogens is 1420 g/mol. The van der Waals surface area contributed by atoms with E-state index in [9.17, 15) is 65.9 Å². The van der Waals surface area contributed by atoms with Crippen molar-refractivity contribution in [1.82, 2.24) is 19.6 Å². The summed E-state index contributed by atoms with van der Waals surface area (Å²) in [5.41, 5.74) is 0.912. The lowest BCUT2D eigenvalue weighted by molar-refractivity contribution is -0.173. The van der Waals surface area contributed by atoms with Crippen molar-refractivity contribution in [3.05, 3.63) is 309 Å². The first-order valence-electron chi connectivity index (χ1n) is 38.4. The number of carbonyl (C=O) groups excluding carboxylic acids is 11. The largest absolute Gasteiger partial charge is 0.402 e. The van der Waals surface area contributed by atoms with Crippen molar-refractivity contribution in [3.8, 4) is 11.1 Å². The molecule has 9 aromatic carbocycles. The molecule has 0 saturated carbocycles. The molecule has 600 valence electrons. The number of carbonyl (C=O) groups is 11. The highest BCUT2D eigenvalue weighted by Gasteiger charge is 2.55. The van der Waals surface area contributed by atoms with E-state index in [-0.39, 0.29) is 74.4 Å². The number of nitrogens with zero attached hydrogens (tertiary/aromatic N) is 4. The third-order valence-electron chi connectivity index (χ3n) is 15.9. The Morgan fingerprint density at radius 1 is 0.295 bits per heavy atom. The summed E-state index contributed by atoms with van der Waals surface area (Å²) in [5.74, 6) is -4.15. The van der Waals surface area contributed by atoms with Gasteiger partial charge in [-0.1, -0.05) is 294 Å². The molecule has 0 aliphatic carbocycles. The van der Waals surface area contributed by atoms with E-state index in [0.29, 0.717) is 56.5 Å². The molecule has 4 heterocycles. The van der Waals surface area contributed by atoms with E-state index in [0.717, 1.165) is 63.6 Å². The van der Waals surface area contributed by atoms with E-state index in [4.69, 9.17) is 0 Å². The second kappa shape index (κ2) is 54.9. The zero-order valence-corrected chi connectivity index (χ0v) is 70.1. The summed E-state index contributed by atoms with van der Waals surface area (Å²) >= 11 is 0. The maximum Gasteiger partial charge on any atom is 0.402 e. The first-order chi connectivity index (χ1) is 53.7. The van der Waals surface area contributed by atoms with Gasteiger partial charge in [-0.2, -0.15) is 13.2 Å². The molecule has 13 rings (SSSR count). The van der Waals surface area contributed by atoms with Crippen LogP contribution >= 0.6 is 0 Å². The van der Waals surface area contributed by atoms with Crippen molar-refractivity contribution >= 4 is 64.6 Å². The number of benzene rings is 9. The molecule has 15 nitrogen and oxygen atoms in total. The van der Waals surface area contributed by atoms with Crippen molar-refractivity contribution < 1.29 is 65.9 Å². The SMILES string of the molecule is CC.CC.CC.CC.CC.CC.CC.CC.CCCCC(=O)c1cc(C(C)=O)cc(C(C)=O)c1.CN1C(=O)c2ccc(-c3ccc4c(c3)C(=O)N(C)C4=O)cc2C1=O.CN1C(=O)c2ccc(C(C)(c3ccc4c(c3)C(=O)N(C)C4=O)C(F)(F)F)cc2C1=O.c1ccccc1.c1ccccc1.c1ccccc1.c1ccccc1. The van der Waals surface area contributed by atoms with E-state index in [1.54, 1.807) is 54.6 Å². The molecule has 0 fully saturated rings. The normalized spacial score (nSPS) is 11.6. The third-order valence-corrected chi connectivity index (χ3v) is 15.9. The van der Waals surface area contributed by atoms with Gasteiger partial charge >= 0.3 is 6.18 Å². The molecule has 18 heteroatoms. The number of alkyl halides is 3. The molecule has 0 saturated heterocycles. The van der Waals surface area contributed by atoms with E-state index in [1.165, 1.54) is 54.2 Å². The van der Waals surface area contributed by atoms with Crippen molar-refractivity contribution in [2.75, 3.05) is 28.2 Å². The molecular formula is C94H117F3N4O11. The van der Waals surface area contributed by atoms with Gasteiger partial charge in [-0.15, -0.1) is 0 Å². The Kier molecular flexibility index (Phi) is 50.1. The topological polar surface area (TPSA) is 201 Å². The third kappa shape index (κ3) is 28.3. The van der Waals surface area contributed by atoms with Crippen LogP contribution in [0.5, 0.6) is 0 Å². The van der Waals surface area contributed by atoms with Crippen molar-refractivity contribution in [2.24, 2.45) is 0 Å². The van der Waals surface area contributed by atoms with Gasteiger partial charge in [-0.05, 0) is 116 Å². The fourth-order valence-electron chi connectivity index (χ4n) is 10.1. The predicted molar refractivity (Wildman–Crippen MR) is 450 cm³/mol. The first-order valence-corrected chi connectivity index (χ1v) is 38.4. The minimum absolute atomic E-state index is 0.0116. The molecule has 0 spiro atoms. The van der Waals surface area contributed by atoms with Crippen LogP contribution in [0.2, 0.25) is 0 Å². The average Bonchev–Trinajstić information content (AvgIpc) is 1.42. The van der Waals surface area contributed by atoms with Crippen molar-refractivity contribution in [3.63, 3.8) is 0 Å². The number of Topliss-reactive ketones (excluding diaryl/α,β-unsaturated/α-hetero) is 3. The highest BCUT2D eigenvalue weighted by atomic mass is 19.4. The average molecular weight is 1540 g/mol. The predicted octanol–water partition coefficient (Wildman–Crippen LogP) is 23.2. The molecule has 4 aliphatic heterocycles. The van der Waals surface area contributed by atoms with Gasteiger partial charge in [-0.3, -0.25) is 72.3 Å². The van der Waals surface area contributed by atoms with Crippen LogP contribution in [0.15, 0.2) is 237 Å². The van der Waals surface area contributed by atoms with E-state index < -0.39 is 35.2 Å². The summed E-state index contributed by atoms with van der Waals surface area (Å²) in [6.07, 6.45) is -2.59. The summed E-state index contributed by atoms with van der Waals surface area (Å²) in [6.45, 7) is 37.8. The quantitative estimate of drug-likeness (QED) is 0.0983. The summed E-state index contributed by atoms with van der Waals surface area (Å²) in [5, 5.41) is 0. The highest BCUT2D eigenvalue weighted by molar-refractivity contribution is 6.24. The van der Waals surface area contributed by atoms with Gasteiger partial charge in [-0.25, -0.2) is 0 Å². The van der Waals surface area contributed by atoms with Crippen LogP contribution in [0.4, 0.5) is 13.2 Å². The van der Waals surface area contributed by atoms with Gasteiger partial charge in [0.1, 0.15) is 5.41 Å². The molecule has 0 atom stereocenters. The van der Waals surface area contributed by atoms with Crippen LogP contribution in [-0.2, 0) is 5.41 Å². The Morgan fingerprint density at radius 3 is 0.696 bits per heavy atom. The van der Waals surface area contributed by atoms with Crippen LogP contribution in [0.1, 0.15) is 283 Å². The van der Waals surface area contributed by atoms with Crippen LogP contribution in [0.25, 0.3) is 11.1 Å². The Bertz CT molecular complexity index is 3970. The standard InChI is InChI=1S/C21H15F3N2O4.C18H12N2O4.C15H18O3.4C6H6.8C2H6/c1-20(21(22,23)24,10-4-6-12-14(8-10)18(29)25(2)16(12)27)11-5-7-13-15(9-11)19(30)26(3)17(13)28;1-19-15(21)11-5-3-9(7-13(11)17(19)23)10-4-6-12-14(8-10)18(24)20(2)16(12)22;1-4-5-6-15(18)14-8-12(10(2)16)7-13(9-14)11(3)17;4*1-2-4-6-5-3-1;8*1-2/h4-9H,1-3H3;3-8H,1-2H3;7-9H,4-6H2,1-3H3;4*1-6H;8*1-2H3. The van der Waals surface area contributed by atoms with Gasteiger partial charge in [0.05, 0.1) is 44.5 Å². The van der Waals surface area contributed by atoms with Gasteiger partial charge in [0, 0.05) is 51.3 Å². The lowest BCUT2D eigenvalue weighted by Gasteiger charge is -2.33. The van der Waals surface area contributed by atoms with Crippen LogP contribution < -0.4 is 0 Å². The lowest BCUT2D eigenvalue weighted by atomic mass is 9.74. The smallest absolute Gasteiger partial charge is 0.295 e. The van der Waals surface area contributed by atoms with Gasteiger partial charge in [0.25, 0.3) is 47.3 Å². The van der Waals surface area contributed by atoms with Crippen molar-refractivity contribution in [1.29, 1.82) is 0 Å². The van der Waals surface area contributed by atoms with Gasteiger partial charge in [0.2, 0.25) is 0 Å². The number of halogens is 3. The molecule has 0 radical (unpaired) electrons. The fraction of sp³-hybridized carbons (Fsp3) is 0.309. The molecule has 8 amide bonds. The zero-order valence-electron chi connectivity index (χ0n) is 70.1. The first kappa shape index (κ1) is 102. The molecule has 9 aromatic rings. The number of fused-ring (bicyclic) bond motifs is 4. The molecule has 0 N–H and O–H groups in total. The molecule has 4 aliphatic rings. The summed E-state index contributed by atoms with van der Waals surface area (Å²) in [7, 11) is 5.40. The minimum Gasteiger partial charge on any atom is -0.295 e. The number of hydrogen-bond acceptors (Lipinski definition) is 11. The van der Waals surface area contributed by atoms with Crippen molar-refractivity contribution in [2.45, 2.75) is 169 Å². The Hall–Kier alpha value is -11.7. The fourth-order valence-corrected chi connectivity index (χ4v) is 10.1. The number of hydrogen-bond donors (Lipinski definition) is 0. The Labute approximate surface area is 664 Å². The number of amides is 8. The number of rotatable bonds is 9. The summed E-state index contributed by atoms with van der Waals surface area (Å²) in [6, 6.07) is 69.5. The maximum atomic E-state index is 14.4. The summed E-state index contributed by atoms with van der Waals surface area (Å²) < 4.78 is 43.1. The molecule has 0 unspecified atom stereocenters. The number of unbranched alkanes of at least 4 members (excludes halogenated alkanes) is 1. The second-order valence-corrected chi connectivity index (χ2v) is 22.4. The number of ketones is 3. The van der Waals surface area contributed by atoms with Crippen LogP contribution in [0.3, 0.4) is 0 Å².